The summed E-state index contributed by atoms with van der Waals surface area (Å²) in [6.45, 7) is 16.8. The molecule has 13 aromatic carbocycles. The quantitative estimate of drug-likeness (QED) is 0.134. The number of fused-ring (bicyclic) bond motifs is 14. The van der Waals surface area contributed by atoms with E-state index in [-0.39, 0.29) is 116 Å². The number of hydrogen-bond donors (Lipinski definition) is 0. The minimum absolute atomic E-state index is 0.00108. The first kappa shape index (κ1) is 41.5. The minimum atomic E-state index is -1.55. The summed E-state index contributed by atoms with van der Waals surface area (Å²) in [6.07, 6.45) is -0.324. The molecule has 1 aliphatic carbocycles. The summed E-state index contributed by atoms with van der Waals surface area (Å²) in [5.41, 5.74) is 7.83. The molecule has 19 rings (SSSR count). The van der Waals surface area contributed by atoms with Crippen LogP contribution in [0.25, 0.3) is 108 Å². The van der Waals surface area contributed by atoms with Crippen molar-refractivity contribution in [1.82, 2.24) is 9.13 Å². The van der Waals surface area contributed by atoms with E-state index >= 15 is 0 Å². The van der Waals surface area contributed by atoms with E-state index in [9.17, 15) is 24.7 Å². The summed E-state index contributed by atoms with van der Waals surface area (Å²) in [5.74, 6) is -1.93. The molecule has 5 heterocycles. The first-order valence-corrected chi connectivity index (χ1v) is 35.4. The summed E-state index contributed by atoms with van der Waals surface area (Å²) in [7, 11) is 0. The maximum absolute atomic E-state index is 11.8. The fraction of sp³-hybridized carbons (Fsp3) is 0.137. The third-order valence-electron chi connectivity index (χ3n) is 20.1. The molecule has 4 nitrogen and oxygen atoms in total. The van der Waals surface area contributed by atoms with Crippen LogP contribution in [0.4, 0.5) is 34.1 Å². The van der Waals surface area contributed by atoms with Gasteiger partial charge in [-0.15, -0.1) is 0 Å². The summed E-state index contributed by atoms with van der Waals surface area (Å²) < 4.78 is 223. The van der Waals surface area contributed by atoms with Crippen LogP contribution in [0.5, 0.6) is 0 Å². The van der Waals surface area contributed by atoms with E-state index < -0.39 is 158 Å². The molecule has 2 aliphatic heterocycles. The predicted molar refractivity (Wildman–Crippen MR) is 424 cm³/mol. The molecular weight excluding hydrogens is 1280 g/mol. The van der Waals surface area contributed by atoms with Gasteiger partial charge in [0, 0.05) is 23.1 Å². The topological polar surface area (TPSA) is 16.3 Å². The molecule has 0 N–H and O–H groups in total. The molecule has 100 heavy (non-hydrogen) atoms. The maximum atomic E-state index is 11.8. The Morgan fingerprint density at radius 2 is 0.860 bits per heavy atom. The van der Waals surface area contributed by atoms with E-state index in [1.807, 2.05) is 157 Å². The molecule has 0 spiro atoms. The number of rotatable bonds is 9. The van der Waals surface area contributed by atoms with Crippen molar-refractivity contribution < 1.29 is 30.2 Å². The van der Waals surface area contributed by atoms with Crippen molar-refractivity contribution in [2.24, 2.45) is 0 Å². The van der Waals surface area contributed by atoms with Gasteiger partial charge >= 0.3 is 411 Å². The van der Waals surface area contributed by atoms with Gasteiger partial charge in [-0.25, -0.2) is 0 Å². The predicted octanol–water partition coefficient (Wildman–Crippen LogP) is 25.6. The molecule has 0 fully saturated rings. The summed E-state index contributed by atoms with van der Waals surface area (Å²) >= 11 is -1.21. The fourth-order valence-corrected chi connectivity index (χ4v) is 17.7. The molecule has 482 valence electrons. The number of nitrogens with zero attached hydrogens (tertiary/aromatic N) is 4. The Labute approximate surface area is 623 Å². The van der Waals surface area contributed by atoms with Crippen LogP contribution in [-0.4, -0.2) is 23.6 Å². The van der Waals surface area contributed by atoms with E-state index in [1.54, 1.807) is 0 Å². The fourth-order valence-electron chi connectivity index (χ4n) is 15.3. The van der Waals surface area contributed by atoms with Crippen LogP contribution >= 0.6 is 0 Å². The van der Waals surface area contributed by atoms with Gasteiger partial charge in [0.05, 0.1) is 16.5 Å². The number of para-hydroxylation sites is 2. The van der Waals surface area contributed by atoms with Crippen molar-refractivity contribution in [2.75, 3.05) is 9.80 Å². The SMILES string of the molecule is [2H]c1c([2H])c([2H])c2c(c1[2H])Cc1c-2c2c([2H])c([2H])c([2H])c([2H])c2n1-c1c([2H])c([2H])c2c(c1[2H])N(c1c(-c3ccccc3)cc(C(C)(C)C)cc1-c1ccccc1)c1cc(C(C)C)cc3c1C2c1c([2H])c([2H])c(-n2c4[se]c5c([2H])c([2H])c([2H])c([2H])c5c4c4c([2H])c([2H])c([2H])c([2H])c42)c([2H])c1N3c1c(-c2ccccc2)cc(C(C)(C)C)cc1-c1ccccc1. The first-order chi connectivity index (χ1) is 57.9. The summed E-state index contributed by atoms with van der Waals surface area (Å²) in [6, 6.07) is 39.3. The molecule has 3 aliphatic rings. The van der Waals surface area contributed by atoms with Crippen molar-refractivity contribution in [1.29, 1.82) is 0 Å². The Kier molecular flexibility index (Phi) is 9.46. The van der Waals surface area contributed by atoms with Crippen molar-refractivity contribution in [3.8, 4) is 67.0 Å². The van der Waals surface area contributed by atoms with Gasteiger partial charge in [0.1, 0.15) is 0 Å². The molecule has 16 aromatic rings. The van der Waals surface area contributed by atoms with Gasteiger partial charge in [-0.1, -0.05) is 124 Å². The Morgan fingerprint density at radius 1 is 0.430 bits per heavy atom. The third-order valence-corrected chi connectivity index (χ3v) is 22.4. The summed E-state index contributed by atoms with van der Waals surface area (Å²) in [4.78, 5) is 3.93. The van der Waals surface area contributed by atoms with Gasteiger partial charge in [-0.2, -0.15) is 0 Å². The first-order valence-electron chi connectivity index (χ1n) is 44.7. The zero-order chi connectivity index (χ0) is 86.6. The van der Waals surface area contributed by atoms with Crippen LogP contribution in [0.1, 0.15) is 142 Å². The molecule has 0 amide bonds. The normalized spacial score (nSPS) is 17.0. The zero-order valence-electron chi connectivity index (χ0n) is 78.1. The Bertz CT molecular complexity index is 7250. The molecule has 0 saturated carbocycles. The number of anilines is 6. The molecule has 3 aromatic heterocycles. The van der Waals surface area contributed by atoms with Crippen LogP contribution in [0.2, 0.25) is 0 Å². The average Bonchev–Trinajstić information content (AvgIpc) is 0.917. The molecule has 1 atom stereocenters. The number of benzene rings is 13. The van der Waals surface area contributed by atoms with E-state index in [2.05, 4.69) is 65.8 Å². The van der Waals surface area contributed by atoms with E-state index in [0.717, 1.165) is 33.4 Å². The second-order valence-corrected chi connectivity index (χ2v) is 30.6. The molecule has 1 unspecified atom stereocenters. The Morgan fingerprint density at radius 3 is 1.35 bits per heavy atom. The Hall–Kier alpha value is -10.9. The van der Waals surface area contributed by atoms with Gasteiger partial charge < -0.3 is 0 Å². The van der Waals surface area contributed by atoms with Crippen molar-refractivity contribution in [2.45, 2.75) is 84.5 Å². The second-order valence-electron chi connectivity index (χ2n) is 28.5. The van der Waals surface area contributed by atoms with E-state index in [1.165, 1.54) is 9.13 Å². The zero-order valence-corrected chi connectivity index (χ0v) is 57.8. The van der Waals surface area contributed by atoms with Gasteiger partial charge in [0.25, 0.3) is 0 Å². The molecule has 0 saturated heterocycles. The van der Waals surface area contributed by atoms with Gasteiger partial charge in [-0.05, 0) is 51.4 Å². The van der Waals surface area contributed by atoms with Crippen molar-refractivity contribution >= 4 is 89.9 Å². The third kappa shape index (κ3) is 9.32. The molecule has 0 radical (unpaired) electrons. The molecule has 5 heteroatoms. The van der Waals surface area contributed by atoms with Gasteiger partial charge in [0.15, 0.2) is 0 Å². The van der Waals surface area contributed by atoms with Crippen LogP contribution in [0, 0.1) is 0 Å². The monoisotopic (exact) mass is 1370 g/mol. The summed E-state index contributed by atoms with van der Waals surface area (Å²) in [5, 5.41) is -0.213. The van der Waals surface area contributed by atoms with E-state index in [4.69, 9.17) is 5.48 Å². The molecule has 0 bridgehead atoms. The van der Waals surface area contributed by atoms with Crippen LogP contribution in [0.15, 0.2) is 291 Å². The molecular formula is C95H76N4Se. The van der Waals surface area contributed by atoms with Gasteiger partial charge in [-0.3, -0.25) is 0 Å². The van der Waals surface area contributed by atoms with Crippen LogP contribution in [0.3, 0.4) is 0 Å². The van der Waals surface area contributed by atoms with Crippen LogP contribution < -0.4 is 9.80 Å². The van der Waals surface area contributed by atoms with Crippen molar-refractivity contribution in [3.05, 3.63) is 335 Å². The second kappa shape index (κ2) is 22.8. The number of hydrogen-bond acceptors (Lipinski definition) is 2. The van der Waals surface area contributed by atoms with Crippen molar-refractivity contribution in [3.63, 3.8) is 0 Å². The van der Waals surface area contributed by atoms with E-state index in [0.29, 0.717) is 56.1 Å². The average molecular weight is 1370 g/mol. The Balaban J connectivity index is 1.07. The standard InChI is InChI=1S/C95H76N4Se/c1-58(2)64-50-84-90-85(51-64)99(92-77(61-33-17-11-18-34-61)54-66(95(6,7)8)55-78(92)62-35-19-12-20-36-62)82-57-68(97-80-43-27-24-40-71(80)89-74-41-25-28-44-86(74)100-93(89)97)46-48-73(82)88(90)72-47-45-67(96-79-42-26-23-39-70(79)87-69-38-22-21-37-63(69)49-83(87)96)56-81(72)98(84)91-75(59-29-13-9-14-30-59)52-65(94(3,4)5)53-76(91)60-31-15-10-16-32-60/h9-48,50-58,88H,49H2,1-8H3/i21D,22D,23D,24D,25D,26D,27D,28D,37D,38D,39D,40D,41D,42D,43D,44D,45D,46D,47D,48D,56D,57D. The van der Waals surface area contributed by atoms with Gasteiger partial charge in [0.2, 0.25) is 0 Å². The number of aromatic nitrogens is 2. The van der Waals surface area contributed by atoms with Crippen LogP contribution in [-0.2, 0) is 17.3 Å².